The number of carbonyl (C=O) groups is 1. The van der Waals surface area contributed by atoms with Crippen LogP contribution in [0, 0.1) is 6.92 Å². The highest BCUT2D eigenvalue weighted by Crippen LogP contribution is 2.29. The number of ether oxygens (including phenoxy) is 1. The molecule has 0 N–H and O–H groups in total. The maximum atomic E-state index is 13.2. The van der Waals surface area contributed by atoms with Gasteiger partial charge in [0.05, 0.1) is 24.9 Å². The number of aryl methyl sites for hydroxylation is 2. The van der Waals surface area contributed by atoms with E-state index in [1.54, 1.807) is 26.0 Å². The lowest BCUT2D eigenvalue weighted by atomic mass is 10.1. The first-order valence-corrected chi connectivity index (χ1v) is 10.9. The summed E-state index contributed by atoms with van der Waals surface area (Å²) >= 11 is 7.49. The highest BCUT2D eigenvalue weighted by atomic mass is 35.5. The van der Waals surface area contributed by atoms with E-state index in [0.29, 0.717) is 48.6 Å². The largest absolute Gasteiger partial charge is 0.462 e. The zero-order valence-corrected chi connectivity index (χ0v) is 18.7. The second-order valence-corrected chi connectivity index (χ2v) is 8.42. The van der Waals surface area contributed by atoms with Crippen molar-refractivity contribution in [3.8, 4) is 0 Å². The van der Waals surface area contributed by atoms with Crippen LogP contribution in [0.4, 0.5) is 0 Å². The molecular weight excluding hydrogens is 440 g/mol. The Labute approximate surface area is 185 Å². The van der Waals surface area contributed by atoms with Crippen LogP contribution < -0.4 is 11.2 Å². The van der Waals surface area contributed by atoms with Crippen molar-refractivity contribution >= 4 is 50.1 Å². The van der Waals surface area contributed by atoms with Crippen molar-refractivity contribution in [1.82, 2.24) is 9.55 Å². The second kappa shape index (κ2) is 8.28. The first kappa shape index (κ1) is 21.3. The van der Waals surface area contributed by atoms with E-state index in [1.807, 2.05) is 6.92 Å². The molecule has 0 amide bonds. The van der Waals surface area contributed by atoms with Gasteiger partial charge < -0.3 is 9.15 Å². The Kier molecular flexibility index (Phi) is 5.68. The summed E-state index contributed by atoms with van der Waals surface area (Å²) in [5.74, 6) is -0.470. The van der Waals surface area contributed by atoms with Gasteiger partial charge in [0.1, 0.15) is 15.3 Å². The van der Waals surface area contributed by atoms with Crippen molar-refractivity contribution in [3.05, 3.63) is 71.9 Å². The molecule has 0 unspecified atom stereocenters. The Morgan fingerprint density at radius 2 is 2.00 bits per heavy atom. The van der Waals surface area contributed by atoms with Crippen molar-refractivity contribution in [2.75, 3.05) is 6.61 Å². The molecule has 4 aromatic rings. The number of rotatable bonds is 5. The quantitative estimate of drug-likeness (QED) is 0.327. The summed E-state index contributed by atoms with van der Waals surface area (Å²) in [5, 5.41) is 1.59. The van der Waals surface area contributed by atoms with Gasteiger partial charge in [-0.25, -0.2) is 14.6 Å². The molecule has 3 aromatic heterocycles. The minimum absolute atomic E-state index is 0.107. The van der Waals surface area contributed by atoms with Gasteiger partial charge in [-0.2, -0.15) is 0 Å². The van der Waals surface area contributed by atoms with Gasteiger partial charge in [-0.15, -0.1) is 11.3 Å². The summed E-state index contributed by atoms with van der Waals surface area (Å²) in [6.07, 6.45) is 2.11. The molecule has 160 valence electrons. The summed E-state index contributed by atoms with van der Waals surface area (Å²) < 4.78 is 11.8. The van der Waals surface area contributed by atoms with Gasteiger partial charge in [-0.1, -0.05) is 18.5 Å². The van der Waals surface area contributed by atoms with Crippen LogP contribution in [0.1, 0.15) is 40.2 Å². The van der Waals surface area contributed by atoms with E-state index in [4.69, 9.17) is 20.8 Å². The number of hydrogen-bond acceptors (Lipinski definition) is 7. The summed E-state index contributed by atoms with van der Waals surface area (Å²) in [6, 6.07) is 4.85. The molecule has 0 fully saturated rings. The van der Waals surface area contributed by atoms with Crippen molar-refractivity contribution in [1.29, 1.82) is 0 Å². The molecule has 0 radical (unpaired) electrons. The predicted molar refractivity (Wildman–Crippen MR) is 121 cm³/mol. The molecule has 0 spiro atoms. The standard InChI is InChI=1S/C22H19ClN2O5S/c1-4-12-6-16-14(8-15(12)23)13(7-17(26)30-16)9-25-10-24-20-18(21(25)27)11(3)19(31-20)22(28)29-5-2/h6-8,10H,4-5,9H2,1-3H3. The number of benzene rings is 1. The topological polar surface area (TPSA) is 91.4 Å². The van der Waals surface area contributed by atoms with Gasteiger partial charge in [-0.05, 0) is 49.1 Å². The van der Waals surface area contributed by atoms with Crippen molar-refractivity contribution in [3.63, 3.8) is 0 Å². The number of esters is 1. The van der Waals surface area contributed by atoms with E-state index in [9.17, 15) is 14.4 Å². The molecule has 1 aromatic carbocycles. The average molecular weight is 459 g/mol. The van der Waals surface area contributed by atoms with Gasteiger partial charge in [0, 0.05) is 16.5 Å². The van der Waals surface area contributed by atoms with E-state index in [1.165, 1.54) is 17.0 Å². The van der Waals surface area contributed by atoms with Crippen LogP contribution >= 0.6 is 22.9 Å². The van der Waals surface area contributed by atoms with Crippen LogP contribution in [0.5, 0.6) is 0 Å². The molecule has 0 aliphatic rings. The summed E-state index contributed by atoms with van der Waals surface area (Å²) in [4.78, 5) is 42.7. The van der Waals surface area contributed by atoms with Gasteiger partial charge in [-0.3, -0.25) is 9.36 Å². The highest BCUT2D eigenvalue weighted by molar-refractivity contribution is 7.20. The second-order valence-electron chi connectivity index (χ2n) is 7.02. The van der Waals surface area contributed by atoms with Crippen LogP contribution in [0.3, 0.4) is 0 Å². The van der Waals surface area contributed by atoms with Crippen LogP contribution in [-0.4, -0.2) is 22.1 Å². The third kappa shape index (κ3) is 3.77. The zero-order chi connectivity index (χ0) is 22.3. The van der Waals surface area contributed by atoms with E-state index >= 15 is 0 Å². The van der Waals surface area contributed by atoms with E-state index in [2.05, 4.69) is 4.98 Å². The van der Waals surface area contributed by atoms with E-state index < -0.39 is 11.6 Å². The number of aromatic nitrogens is 2. The number of halogens is 1. The monoisotopic (exact) mass is 458 g/mol. The van der Waals surface area contributed by atoms with Crippen molar-refractivity contribution < 1.29 is 13.9 Å². The van der Waals surface area contributed by atoms with Crippen LogP contribution in [0.25, 0.3) is 21.2 Å². The van der Waals surface area contributed by atoms with Gasteiger partial charge in [0.2, 0.25) is 0 Å². The molecule has 7 nitrogen and oxygen atoms in total. The summed E-state index contributed by atoms with van der Waals surface area (Å²) in [6.45, 7) is 5.74. The van der Waals surface area contributed by atoms with E-state index in [-0.39, 0.29) is 18.7 Å². The van der Waals surface area contributed by atoms with Gasteiger partial charge in [0.15, 0.2) is 0 Å². The Morgan fingerprint density at radius 1 is 1.23 bits per heavy atom. The number of thiophene rings is 1. The summed E-state index contributed by atoms with van der Waals surface area (Å²) in [7, 11) is 0. The lowest BCUT2D eigenvalue weighted by Gasteiger charge is -2.10. The maximum absolute atomic E-state index is 13.2. The Bertz CT molecular complexity index is 1450. The van der Waals surface area contributed by atoms with Gasteiger partial charge >= 0.3 is 11.6 Å². The lowest BCUT2D eigenvalue weighted by molar-refractivity contribution is 0.0531. The van der Waals surface area contributed by atoms with Crippen LogP contribution in [-0.2, 0) is 17.7 Å². The number of hydrogen-bond donors (Lipinski definition) is 0. The molecular formula is C22H19ClN2O5S. The zero-order valence-electron chi connectivity index (χ0n) is 17.2. The molecule has 3 heterocycles. The Morgan fingerprint density at radius 3 is 2.71 bits per heavy atom. The van der Waals surface area contributed by atoms with Crippen LogP contribution in [0.2, 0.25) is 5.02 Å². The normalized spacial score (nSPS) is 11.4. The minimum Gasteiger partial charge on any atom is -0.462 e. The van der Waals surface area contributed by atoms with Gasteiger partial charge in [0.25, 0.3) is 5.56 Å². The molecule has 31 heavy (non-hydrogen) atoms. The first-order chi connectivity index (χ1) is 14.8. The van der Waals surface area contributed by atoms with Crippen molar-refractivity contribution in [2.24, 2.45) is 0 Å². The lowest BCUT2D eigenvalue weighted by Crippen LogP contribution is -2.22. The van der Waals surface area contributed by atoms with E-state index in [0.717, 1.165) is 16.9 Å². The number of nitrogens with zero attached hydrogens (tertiary/aromatic N) is 2. The molecule has 0 saturated carbocycles. The average Bonchev–Trinajstić information content (AvgIpc) is 3.07. The minimum atomic E-state index is -0.509. The molecule has 4 rings (SSSR count). The van der Waals surface area contributed by atoms with Crippen molar-refractivity contribution in [2.45, 2.75) is 33.7 Å². The third-order valence-electron chi connectivity index (χ3n) is 5.10. The fourth-order valence-electron chi connectivity index (χ4n) is 3.54. The number of carbonyl (C=O) groups excluding carboxylic acids is 1. The molecule has 0 aliphatic carbocycles. The summed E-state index contributed by atoms with van der Waals surface area (Å²) in [5.41, 5.74) is 1.62. The number of fused-ring (bicyclic) bond motifs is 2. The Balaban J connectivity index is 1.85. The van der Waals surface area contributed by atoms with Crippen LogP contribution in [0.15, 0.2) is 38.5 Å². The smallest absolute Gasteiger partial charge is 0.348 e. The fraction of sp³-hybridized carbons (Fsp3) is 0.273. The Hall–Kier alpha value is -2.97. The third-order valence-corrected chi connectivity index (χ3v) is 6.63. The molecule has 0 aliphatic heterocycles. The molecule has 0 saturated heterocycles. The fourth-order valence-corrected chi connectivity index (χ4v) is 4.87. The SMILES string of the molecule is CCOC(=O)c1sc2ncn(Cc3cc(=O)oc4cc(CC)c(Cl)cc34)c(=O)c2c1C. The molecule has 9 heteroatoms. The predicted octanol–water partition coefficient (Wildman–Crippen LogP) is 4.31. The molecule has 0 bridgehead atoms. The maximum Gasteiger partial charge on any atom is 0.348 e. The highest BCUT2D eigenvalue weighted by Gasteiger charge is 2.20. The first-order valence-electron chi connectivity index (χ1n) is 9.74. The molecule has 0 atom stereocenters.